The van der Waals surface area contributed by atoms with E-state index in [4.69, 9.17) is 14.3 Å². The second-order valence-corrected chi connectivity index (χ2v) is 4.46. The van der Waals surface area contributed by atoms with Gasteiger partial charge in [0.05, 0.1) is 0 Å². The fourth-order valence-electron chi connectivity index (χ4n) is 1.19. The van der Waals surface area contributed by atoms with E-state index in [2.05, 4.69) is 0 Å². The van der Waals surface area contributed by atoms with E-state index in [0.29, 0.717) is 0 Å². The molecule has 5 heteroatoms. The van der Waals surface area contributed by atoms with Crippen LogP contribution in [0.2, 0.25) is 0 Å². The van der Waals surface area contributed by atoms with Gasteiger partial charge in [0.1, 0.15) is 5.60 Å². The molecule has 2 N–H and O–H groups in total. The van der Waals surface area contributed by atoms with E-state index < -0.39 is 13.4 Å². The van der Waals surface area contributed by atoms with Crippen LogP contribution in [-0.2, 0) is 9.09 Å². The van der Waals surface area contributed by atoms with Crippen molar-refractivity contribution >= 4 is 7.82 Å². The summed E-state index contributed by atoms with van der Waals surface area (Å²) in [6.45, 7) is 3.49. The minimum atomic E-state index is -4.42. The van der Waals surface area contributed by atoms with Crippen LogP contribution >= 0.6 is 7.82 Å². The van der Waals surface area contributed by atoms with Crippen molar-refractivity contribution in [1.29, 1.82) is 0 Å². The molecule has 13 heavy (non-hydrogen) atoms. The molecule has 0 radical (unpaired) electrons. The quantitative estimate of drug-likeness (QED) is 0.670. The molecule has 0 fully saturated rings. The lowest BCUT2D eigenvalue weighted by Crippen LogP contribution is -2.33. The number of hydrogen-bond acceptors (Lipinski definition) is 2. The Morgan fingerprint density at radius 2 is 2.08 bits per heavy atom. The van der Waals surface area contributed by atoms with Gasteiger partial charge in [0.15, 0.2) is 0 Å². The van der Waals surface area contributed by atoms with E-state index in [1.165, 1.54) is 0 Å². The van der Waals surface area contributed by atoms with Gasteiger partial charge in [-0.25, -0.2) is 4.57 Å². The smallest absolute Gasteiger partial charge is 0.303 e. The second-order valence-electron chi connectivity index (χ2n) is 3.30. The van der Waals surface area contributed by atoms with E-state index in [9.17, 15) is 4.57 Å². The number of hydrogen-bond donors (Lipinski definition) is 2. The second kappa shape index (κ2) is 3.39. The first-order valence-electron chi connectivity index (χ1n) is 3.96. The lowest BCUT2D eigenvalue weighted by Gasteiger charge is -2.32. The van der Waals surface area contributed by atoms with Gasteiger partial charge in [0.25, 0.3) is 0 Å². The van der Waals surface area contributed by atoms with E-state index in [-0.39, 0.29) is 5.92 Å². The minimum absolute atomic E-state index is 0.0508. The summed E-state index contributed by atoms with van der Waals surface area (Å²) in [4.78, 5) is 17.4. The van der Waals surface area contributed by atoms with Crippen LogP contribution < -0.4 is 0 Å². The lowest BCUT2D eigenvalue weighted by atomic mass is 9.87. The van der Waals surface area contributed by atoms with Gasteiger partial charge in [-0.2, -0.15) is 0 Å². The molecule has 0 aromatic carbocycles. The Morgan fingerprint density at radius 3 is 2.54 bits per heavy atom. The summed E-state index contributed by atoms with van der Waals surface area (Å²) in [5, 5.41) is 0. The third-order valence-corrected chi connectivity index (χ3v) is 2.79. The molecular weight excluding hydrogens is 191 g/mol. The fourth-order valence-corrected chi connectivity index (χ4v) is 1.93. The van der Waals surface area contributed by atoms with Crippen LogP contribution in [0.5, 0.6) is 0 Å². The molecule has 0 aliphatic heterocycles. The molecule has 1 aliphatic carbocycles. The molecule has 1 aliphatic rings. The van der Waals surface area contributed by atoms with Crippen molar-refractivity contribution in [3.8, 4) is 0 Å². The Hall–Kier alpha value is -0.410. The van der Waals surface area contributed by atoms with Crippen LogP contribution in [0.15, 0.2) is 24.3 Å². The number of phosphoric acid groups is 1. The maximum atomic E-state index is 10.7. The first kappa shape index (κ1) is 10.7. The third kappa shape index (κ3) is 2.78. The van der Waals surface area contributed by atoms with Gasteiger partial charge in [0.2, 0.25) is 0 Å². The van der Waals surface area contributed by atoms with E-state index in [1.807, 2.05) is 19.1 Å². The predicted octanol–water partition coefficient (Wildman–Crippen LogP) is 1.62. The molecule has 74 valence electrons. The summed E-state index contributed by atoms with van der Waals surface area (Å²) in [5.74, 6) is -0.0508. The van der Waals surface area contributed by atoms with Gasteiger partial charge in [-0.3, -0.25) is 4.52 Å². The Morgan fingerprint density at radius 1 is 1.46 bits per heavy atom. The zero-order valence-corrected chi connectivity index (χ0v) is 8.44. The Labute approximate surface area is 77.2 Å². The summed E-state index contributed by atoms with van der Waals surface area (Å²) in [6.07, 6.45) is 7.04. The molecule has 0 saturated carbocycles. The van der Waals surface area contributed by atoms with Gasteiger partial charge >= 0.3 is 7.82 Å². The van der Waals surface area contributed by atoms with Crippen molar-refractivity contribution in [2.45, 2.75) is 19.4 Å². The lowest BCUT2D eigenvalue weighted by molar-refractivity contribution is 0.0596. The summed E-state index contributed by atoms with van der Waals surface area (Å²) >= 11 is 0. The number of allylic oxidation sites excluding steroid dienone is 2. The molecule has 1 rings (SSSR count). The Kier molecular flexibility index (Phi) is 2.78. The van der Waals surface area contributed by atoms with E-state index in [0.717, 1.165) is 0 Å². The highest BCUT2D eigenvalue weighted by Crippen LogP contribution is 2.45. The predicted molar refractivity (Wildman–Crippen MR) is 49.0 cm³/mol. The minimum Gasteiger partial charge on any atom is -0.303 e. The number of phosphoric ester groups is 1. The normalized spacial score (nSPS) is 33.7. The monoisotopic (exact) mass is 204 g/mol. The van der Waals surface area contributed by atoms with Gasteiger partial charge < -0.3 is 9.79 Å². The van der Waals surface area contributed by atoms with E-state index >= 15 is 0 Å². The topological polar surface area (TPSA) is 66.8 Å². The van der Waals surface area contributed by atoms with Crippen molar-refractivity contribution in [1.82, 2.24) is 0 Å². The Balaban J connectivity index is 2.82. The molecule has 0 aromatic rings. The summed E-state index contributed by atoms with van der Waals surface area (Å²) in [7, 11) is -4.42. The third-order valence-electron chi connectivity index (χ3n) is 2.16. The van der Waals surface area contributed by atoms with Crippen molar-refractivity contribution in [2.24, 2.45) is 5.92 Å². The van der Waals surface area contributed by atoms with Crippen LogP contribution in [-0.4, -0.2) is 15.4 Å². The zero-order valence-electron chi connectivity index (χ0n) is 7.54. The van der Waals surface area contributed by atoms with Gasteiger partial charge in [-0.05, 0) is 6.92 Å². The average Bonchev–Trinajstić information content (AvgIpc) is 1.92. The fraction of sp³-hybridized carbons (Fsp3) is 0.500. The first-order valence-corrected chi connectivity index (χ1v) is 5.49. The average molecular weight is 204 g/mol. The number of rotatable bonds is 2. The van der Waals surface area contributed by atoms with Crippen molar-refractivity contribution < 1.29 is 18.9 Å². The maximum Gasteiger partial charge on any atom is 0.470 e. The first-order chi connectivity index (χ1) is 5.83. The van der Waals surface area contributed by atoms with Crippen LogP contribution in [0.25, 0.3) is 0 Å². The molecule has 2 atom stereocenters. The van der Waals surface area contributed by atoms with Gasteiger partial charge in [-0.1, -0.05) is 31.2 Å². The Bertz CT molecular complexity index is 291. The SMILES string of the molecule is CC1C=CC=CC1(C)OP(=O)(O)O. The molecular formula is C8H13O4P. The molecule has 2 unspecified atom stereocenters. The summed E-state index contributed by atoms with van der Waals surface area (Å²) in [6, 6.07) is 0. The van der Waals surface area contributed by atoms with Crippen LogP contribution in [0.4, 0.5) is 0 Å². The van der Waals surface area contributed by atoms with Gasteiger partial charge in [0, 0.05) is 5.92 Å². The van der Waals surface area contributed by atoms with Crippen LogP contribution in [0, 0.1) is 5.92 Å². The highest BCUT2D eigenvalue weighted by Gasteiger charge is 2.35. The molecule has 0 bridgehead atoms. The summed E-state index contributed by atoms with van der Waals surface area (Å²) in [5.41, 5.74) is -0.909. The molecule has 0 aromatic heterocycles. The highest BCUT2D eigenvalue weighted by atomic mass is 31.2. The molecule has 4 nitrogen and oxygen atoms in total. The standard InChI is InChI=1S/C8H13O4P/c1-7-5-3-4-6-8(7,2)12-13(9,10)11/h3-7H,1-2H3,(H2,9,10,11). The zero-order chi connectivity index (χ0) is 10.1. The van der Waals surface area contributed by atoms with Gasteiger partial charge in [-0.15, -0.1) is 0 Å². The molecule has 0 saturated heterocycles. The van der Waals surface area contributed by atoms with Crippen molar-refractivity contribution in [3.63, 3.8) is 0 Å². The molecule has 0 spiro atoms. The molecule has 0 heterocycles. The largest absolute Gasteiger partial charge is 0.470 e. The summed E-state index contributed by atoms with van der Waals surface area (Å²) < 4.78 is 15.4. The van der Waals surface area contributed by atoms with Crippen molar-refractivity contribution in [2.75, 3.05) is 0 Å². The van der Waals surface area contributed by atoms with Crippen LogP contribution in [0.3, 0.4) is 0 Å². The van der Waals surface area contributed by atoms with Crippen LogP contribution in [0.1, 0.15) is 13.8 Å². The van der Waals surface area contributed by atoms with Crippen molar-refractivity contribution in [3.05, 3.63) is 24.3 Å². The molecule has 0 amide bonds. The van der Waals surface area contributed by atoms with E-state index in [1.54, 1.807) is 19.1 Å². The maximum absolute atomic E-state index is 10.7. The highest BCUT2D eigenvalue weighted by molar-refractivity contribution is 7.46.